The van der Waals surface area contributed by atoms with Gasteiger partial charge in [0.05, 0.1) is 6.61 Å². The Morgan fingerprint density at radius 2 is 2.33 bits per heavy atom. The van der Waals surface area contributed by atoms with E-state index in [-0.39, 0.29) is 13.2 Å². The maximum atomic E-state index is 10.0. The highest BCUT2D eigenvalue weighted by Crippen LogP contribution is 1.82. The van der Waals surface area contributed by atoms with Crippen molar-refractivity contribution in [3.63, 3.8) is 0 Å². The second-order valence-electron chi connectivity index (χ2n) is 1.64. The molecule has 0 aromatic carbocycles. The van der Waals surface area contributed by atoms with Gasteiger partial charge in [-0.3, -0.25) is 4.79 Å². The van der Waals surface area contributed by atoms with Crippen molar-refractivity contribution in [1.82, 2.24) is 0 Å². The summed E-state index contributed by atoms with van der Waals surface area (Å²) in [6, 6.07) is 0. The molecule has 0 unspecified atom stereocenters. The highest BCUT2D eigenvalue weighted by Gasteiger charge is 2.02. The molecule has 4 nitrogen and oxygen atoms in total. The van der Waals surface area contributed by atoms with Crippen LogP contribution in [-0.4, -0.2) is 35.5 Å². The predicted molar refractivity (Wildman–Crippen MR) is 29.7 cm³/mol. The third kappa shape index (κ3) is 5.26. The Hall–Kier alpha value is -0.610. The Balaban J connectivity index is 3.16. The number of aliphatic hydroxyl groups excluding tert-OH is 2. The molecular formula is C5H10O4. The van der Waals surface area contributed by atoms with Crippen LogP contribution < -0.4 is 0 Å². The summed E-state index contributed by atoms with van der Waals surface area (Å²) in [6.07, 6.45) is -0.950. The van der Waals surface area contributed by atoms with Crippen LogP contribution >= 0.6 is 0 Å². The minimum atomic E-state index is -0.950. The number of esters is 1. The van der Waals surface area contributed by atoms with E-state index in [1.54, 1.807) is 0 Å². The maximum Gasteiger partial charge on any atom is 0.302 e. The van der Waals surface area contributed by atoms with E-state index in [9.17, 15) is 4.79 Å². The molecule has 4 heteroatoms. The van der Waals surface area contributed by atoms with Crippen LogP contribution in [0.4, 0.5) is 0 Å². The van der Waals surface area contributed by atoms with Gasteiger partial charge >= 0.3 is 5.97 Å². The fourth-order valence-corrected chi connectivity index (χ4v) is 0.266. The van der Waals surface area contributed by atoms with Gasteiger partial charge < -0.3 is 14.9 Å². The highest BCUT2D eigenvalue weighted by molar-refractivity contribution is 5.65. The number of ether oxygens (including phenoxy) is 1. The molecule has 0 aromatic heterocycles. The van der Waals surface area contributed by atoms with Gasteiger partial charge in [-0.15, -0.1) is 0 Å². The van der Waals surface area contributed by atoms with Gasteiger partial charge in [0.2, 0.25) is 0 Å². The Labute approximate surface area is 53.1 Å². The predicted octanol–water partition coefficient (Wildman–Crippen LogP) is -1.10. The van der Waals surface area contributed by atoms with Crippen molar-refractivity contribution in [1.29, 1.82) is 0 Å². The fourth-order valence-electron chi connectivity index (χ4n) is 0.266. The smallest absolute Gasteiger partial charge is 0.302 e. The summed E-state index contributed by atoms with van der Waals surface area (Å²) in [5.74, 6) is -0.456. The number of carbonyl (C=O) groups excluding carboxylic acids is 1. The van der Waals surface area contributed by atoms with Crippen molar-refractivity contribution in [3.05, 3.63) is 0 Å². The van der Waals surface area contributed by atoms with Crippen LogP contribution in [0.3, 0.4) is 0 Å². The van der Waals surface area contributed by atoms with Crippen LogP contribution in [0.25, 0.3) is 0 Å². The van der Waals surface area contributed by atoms with Crippen LogP contribution in [-0.2, 0) is 9.53 Å². The fraction of sp³-hybridized carbons (Fsp3) is 0.800. The zero-order chi connectivity index (χ0) is 7.28. The Morgan fingerprint density at radius 3 is 2.67 bits per heavy atom. The van der Waals surface area contributed by atoms with Crippen molar-refractivity contribution >= 4 is 5.97 Å². The summed E-state index contributed by atoms with van der Waals surface area (Å²) in [7, 11) is 0. The Bertz CT molecular complexity index is 91.0. The van der Waals surface area contributed by atoms with Crippen LogP contribution in [0.5, 0.6) is 0 Å². The topological polar surface area (TPSA) is 66.8 Å². The van der Waals surface area contributed by atoms with Crippen molar-refractivity contribution in [2.75, 3.05) is 13.2 Å². The molecule has 0 spiro atoms. The molecule has 9 heavy (non-hydrogen) atoms. The van der Waals surface area contributed by atoms with Gasteiger partial charge in [-0.05, 0) is 0 Å². The second kappa shape index (κ2) is 4.29. The van der Waals surface area contributed by atoms with Crippen molar-refractivity contribution in [3.8, 4) is 0 Å². The third-order valence-corrected chi connectivity index (χ3v) is 0.690. The maximum absolute atomic E-state index is 10.0. The van der Waals surface area contributed by atoms with E-state index in [0.29, 0.717) is 0 Å². The van der Waals surface area contributed by atoms with Gasteiger partial charge in [0.25, 0.3) is 0 Å². The van der Waals surface area contributed by atoms with Crippen LogP contribution in [0, 0.1) is 0 Å². The molecule has 0 saturated heterocycles. The highest BCUT2D eigenvalue weighted by atomic mass is 16.5. The average Bonchev–Trinajstić information content (AvgIpc) is 1.83. The molecule has 0 fully saturated rings. The first-order valence-corrected chi connectivity index (χ1v) is 2.59. The molecule has 0 aliphatic rings. The van der Waals surface area contributed by atoms with Crippen LogP contribution in [0.2, 0.25) is 0 Å². The number of carbonyl (C=O) groups is 1. The molecule has 2 N–H and O–H groups in total. The average molecular weight is 134 g/mol. The minimum Gasteiger partial charge on any atom is -0.463 e. The van der Waals surface area contributed by atoms with E-state index in [1.165, 1.54) is 6.92 Å². The molecule has 0 bridgehead atoms. The number of rotatable bonds is 3. The zero-order valence-electron chi connectivity index (χ0n) is 5.20. The van der Waals surface area contributed by atoms with E-state index in [0.717, 1.165) is 0 Å². The van der Waals surface area contributed by atoms with Crippen LogP contribution in [0.15, 0.2) is 0 Å². The SMILES string of the molecule is CC(=O)OC[C@@H](O)CO. The quantitative estimate of drug-likeness (QED) is 0.481. The third-order valence-electron chi connectivity index (χ3n) is 0.690. The second-order valence-corrected chi connectivity index (χ2v) is 1.64. The Morgan fingerprint density at radius 1 is 1.78 bits per heavy atom. The lowest BCUT2D eigenvalue weighted by Crippen LogP contribution is -2.20. The zero-order valence-corrected chi connectivity index (χ0v) is 5.20. The van der Waals surface area contributed by atoms with Gasteiger partial charge in [-0.25, -0.2) is 0 Å². The van der Waals surface area contributed by atoms with E-state index in [2.05, 4.69) is 4.74 Å². The summed E-state index contributed by atoms with van der Waals surface area (Å²) in [5, 5.41) is 16.8. The number of aliphatic hydroxyl groups is 2. The molecular weight excluding hydrogens is 124 g/mol. The lowest BCUT2D eigenvalue weighted by atomic mass is 10.4. The monoisotopic (exact) mass is 134 g/mol. The van der Waals surface area contributed by atoms with E-state index in [4.69, 9.17) is 10.2 Å². The van der Waals surface area contributed by atoms with E-state index in [1.807, 2.05) is 0 Å². The first-order chi connectivity index (χ1) is 4.16. The molecule has 0 rings (SSSR count). The summed E-state index contributed by atoms with van der Waals surface area (Å²) < 4.78 is 4.35. The van der Waals surface area contributed by atoms with E-state index >= 15 is 0 Å². The molecule has 1 atom stereocenters. The van der Waals surface area contributed by atoms with Crippen molar-refractivity contribution < 1.29 is 19.7 Å². The van der Waals surface area contributed by atoms with Crippen LogP contribution in [0.1, 0.15) is 6.92 Å². The number of hydrogen-bond acceptors (Lipinski definition) is 4. The normalized spacial score (nSPS) is 12.8. The Kier molecular flexibility index (Phi) is 4.00. The molecule has 0 aliphatic heterocycles. The molecule has 0 amide bonds. The number of hydrogen-bond donors (Lipinski definition) is 2. The van der Waals surface area contributed by atoms with Crippen molar-refractivity contribution in [2.45, 2.75) is 13.0 Å². The molecule has 0 aliphatic carbocycles. The lowest BCUT2D eigenvalue weighted by Gasteiger charge is -2.05. The summed E-state index contributed by atoms with van der Waals surface area (Å²) >= 11 is 0. The standard InChI is InChI=1S/C5H10O4/c1-4(7)9-3-5(8)2-6/h5-6,8H,2-3H2,1H3/t5-/m0/s1. The summed E-state index contributed by atoms with van der Waals surface area (Å²) in [6.45, 7) is 0.725. The molecule has 0 aromatic rings. The van der Waals surface area contributed by atoms with Crippen molar-refractivity contribution in [2.24, 2.45) is 0 Å². The summed E-state index contributed by atoms with van der Waals surface area (Å²) in [4.78, 5) is 10.0. The lowest BCUT2D eigenvalue weighted by molar-refractivity contribution is -0.144. The first kappa shape index (κ1) is 8.39. The first-order valence-electron chi connectivity index (χ1n) is 2.59. The minimum absolute atomic E-state index is 0.133. The van der Waals surface area contributed by atoms with Gasteiger partial charge in [-0.2, -0.15) is 0 Å². The van der Waals surface area contributed by atoms with E-state index < -0.39 is 12.1 Å². The molecule has 0 radical (unpaired) electrons. The molecule has 0 saturated carbocycles. The van der Waals surface area contributed by atoms with Gasteiger partial charge in [0.15, 0.2) is 0 Å². The summed E-state index contributed by atoms with van der Waals surface area (Å²) in [5.41, 5.74) is 0. The van der Waals surface area contributed by atoms with Gasteiger partial charge in [0, 0.05) is 6.92 Å². The molecule has 54 valence electrons. The largest absolute Gasteiger partial charge is 0.463 e. The van der Waals surface area contributed by atoms with Gasteiger partial charge in [-0.1, -0.05) is 0 Å². The van der Waals surface area contributed by atoms with Gasteiger partial charge in [0.1, 0.15) is 12.7 Å². The molecule has 0 heterocycles.